The molecule has 1 fully saturated rings. The van der Waals surface area contributed by atoms with Crippen molar-refractivity contribution in [3.63, 3.8) is 0 Å². The summed E-state index contributed by atoms with van der Waals surface area (Å²) in [6.45, 7) is 11.3. The van der Waals surface area contributed by atoms with Crippen LogP contribution in [0.25, 0.3) is 0 Å². The van der Waals surface area contributed by atoms with Crippen molar-refractivity contribution in [1.82, 2.24) is 20.8 Å². The first-order valence-electron chi connectivity index (χ1n) is 10.7. The Bertz CT molecular complexity index is 842. The zero-order valence-electron chi connectivity index (χ0n) is 18.7. The van der Waals surface area contributed by atoms with Gasteiger partial charge in [0.15, 0.2) is 11.8 Å². The molecule has 0 spiro atoms. The molecule has 0 radical (unpaired) electrons. The molecule has 1 saturated heterocycles. The van der Waals surface area contributed by atoms with Crippen molar-refractivity contribution in [1.29, 1.82) is 0 Å². The van der Waals surface area contributed by atoms with Crippen molar-refractivity contribution in [2.24, 2.45) is 4.99 Å². The van der Waals surface area contributed by atoms with E-state index in [4.69, 9.17) is 9.26 Å². The standard InChI is InChI=1S/C22H34N6O2/c1-6-23-21(24-14-19-26-20(30-27-19)22(2,3)4)25-16-10-9-13-28(15-16)17-11-7-8-12-18(17)29-5/h7-8,11-12,16H,6,9-10,13-15H2,1-5H3,(H2,23,24,25). The van der Waals surface area contributed by atoms with Gasteiger partial charge in [0.25, 0.3) is 0 Å². The first-order chi connectivity index (χ1) is 14.4. The second kappa shape index (κ2) is 9.82. The van der Waals surface area contributed by atoms with E-state index in [-0.39, 0.29) is 11.5 Å². The SMILES string of the molecule is CCNC(=NCc1noc(C(C)(C)C)n1)NC1CCCN(c2ccccc2OC)C1. The number of benzene rings is 1. The van der Waals surface area contributed by atoms with E-state index in [2.05, 4.69) is 70.5 Å². The van der Waals surface area contributed by atoms with E-state index >= 15 is 0 Å². The smallest absolute Gasteiger partial charge is 0.232 e. The van der Waals surface area contributed by atoms with Gasteiger partial charge in [-0.2, -0.15) is 4.98 Å². The van der Waals surface area contributed by atoms with Crippen molar-refractivity contribution in [3.8, 4) is 5.75 Å². The first kappa shape index (κ1) is 21.9. The highest BCUT2D eigenvalue weighted by atomic mass is 16.5. The molecule has 1 aliphatic rings. The van der Waals surface area contributed by atoms with Crippen LogP contribution in [0.2, 0.25) is 0 Å². The van der Waals surface area contributed by atoms with Gasteiger partial charge in [-0.05, 0) is 31.9 Å². The number of nitrogens with zero attached hydrogens (tertiary/aromatic N) is 4. The predicted octanol–water partition coefficient (Wildman–Crippen LogP) is 3.10. The molecule has 0 amide bonds. The minimum atomic E-state index is -0.165. The van der Waals surface area contributed by atoms with E-state index < -0.39 is 0 Å². The number of guanidine groups is 1. The van der Waals surface area contributed by atoms with E-state index in [1.54, 1.807) is 7.11 Å². The van der Waals surface area contributed by atoms with Gasteiger partial charge in [0.05, 0.1) is 12.8 Å². The first-order valence-corrected chi connectivity index (χ1v) is 10.7. The lowest BCUT2D eigenvalue weighted by atomic mass is 9.97. The van der Waals surface area contributed by atoms with E-state index in [9.17, 15) is 0 Å². The number of nitrogens with one attached hydrogen (secondary N) is 2. The maximum atomic E-state index is 5.55. The van der Waals surface area contributed by atoms with Crippen LogP contribution in [0.4, 0.5) is 5.69 Å². The molecule has 2 aromatic rings. The van der Waals surface area contributed by atoms with Crippen LogP contribution in [0.1, 0.15) is 52.3 Å². The maximum absolute atomic E-state index is 5.55. The van der Waals surface area contributed by atoms with E-state index in [1.165, 1.54) is 0 Å². The molecule has 2 N–H and O–H groups in total. The summed E-state index contributed by atoms with van der Waals surface area (Å²) < 4.78 is 10.9. The summed E-state index contributed by atoms with van der Waals surface area (Å²) in [7, 11) is 1.72. The lowest BCUT2D eigenvalue weighted by molar-refractivity contribution is 0.318. The van der Waals surface area contributed by atoms with Gasteiger partial charge in [0.1, 0.15) is 12.3 Å². The molecule has 0 aliphatic carbocycles. The third-order valence-corrected chi connectivity index (χ3v) is 5.02. The Labute approximate surface area is 179 Å². The van der Waals surface area contributed by atoms with Gasteiger partial charge in [0.2, 0.25) is 5.89 Å². The molecule has 2 heterocycles. The number of hydrogen-bond acceptors (Lipinski definition) is 6. The molecule has 0 bridgehead atoms. The third-order valence-electron chi connectivity index (χ3n) is 5.02. The van der Waals surface area contributed by atoms with Gasteiger partial charge in [-0.1, -0.05) is 38.1 Å². The molecule has 1 aromatic carbocycles. The molecule has 164 valence electrons. The Kier molecular flexibility index (Phi) is 7.18. The van der Waals surface area contributed by atoms with Crippen molar-refractivity contribution in [3.05, 3.63) is 36.0 Å². The highest BCUT2D eigenvalue weighted by Gasteiger charge is 2.24. The molecule has 3 rings (SSSR count). The molecule has 1 aliphatic heterocycles. The summed E-state index contributed by atoms with van der Waals surface area (Å²) in [5, 5.41) is 11.0. The summed E-state index contributed by atoms with van der Waals surface area (Å²) in [6, 6.07) is 8.47. The number of aromatic nitrogens is 2. The molecule has 8 heteroatoms. The molecule has 8 nitrogen and oxygen atoms in total. The normalized spacial score (nSPS) is 17.7. The highest BCUT2D eigenvalue weighted by Crippen LogP contribution is 2.29. The Morgan fingerprint density at radius 1 is 1.33 bits per heavy atom. The summed E-state index contributed by atoms with van der Waals surface area (Å²) in [6.07, 6.45) is 2.20. The molecule has 1 aromatic heterocycles. The summed E-state index contributed by atoms with van der Waals surface area (Å²) in [4.78, 5) is 11.5. The van der Waals surface area contributed by atoms with Crippen LogP contribution in [0, 0.1) is 0 Å². The van der Waals surface area contributed by atoms with Crippen molar-refractivity contribution >= 4 is 11.6 Å². The lowest BCUT2D eigenvalue weighted by Crippen LogP contribution is -2.51. The second-order valence-corrected chi connectivity index (χ2v) is 8.56. The van der Waals surface area contributed by atoms with Gasteiger partial charge >= 0.3 is 0 Å². The number of hydrogen-bond donors (Lipinski definition) is 2. The molecule has 1 unspecified atom stereocenters. The Morgan fingerprint density at radius 3 is 2.83 bits per heavy atom. The van der Waals surface area contributed by atoms with E-state index in [0.717, 1.165) is 49.9 Å². The molecule has 30 heavy (non-hydrogen) atoms. The van der Waals surface area contributed by atoms with Crippen LogP contribution in [-0.4, -0.2) is 48.9 Å². The van der Waals surface area contributed by atoms with Gasteiger partial charge < -0.3 is 24.8 Å². The fourth-order valence-corrected chi connectivity index (χ4v) is 3.49. The van der Waals surface area contributed by atoms with Crippen LogP contribution >= 0.6 is 0 Å². The summed E-state index contributed by atoms with van der Waals surface area (Å²) >= 11 is 0. The zero-order chi connectivity index (χ0) is 21.6. The number of para-hydroxylation sites is 2. The van der Waals surface area contributed by atoms with Crippen molar-refractivity contribution in [2.45, 2.75) is 58.5 Å². The van der Waals surface area contributed by atoms with Crippen LogP contribution < -0.4 is 20.3 Å². The number of piperidine rings is 1. The van der Waals surface area contributed by atoms with Crippen LogP contribution in [0.3, 0.4) is 0 Å². The Balaban J connectivity index is 1.65. The fraction of sp³-hybridized carbons (Fsp3) is 0.591. The number of aliphatic imine (C=N–C) groups is 1. The third kappa shape index (κ3) is 5.64. The van der Waals surface area contributed by atoms with Gasteiger partial charge in [-0.25, -0.2) is 4.99 Å². The van der Waals surface area contributed by atoms with Crippen LogP contribution in [0.5, 0.6) is 5.75 Å². The number of rotatable bonds is 6. The van der Waals surface area contributed by atoms with Crippen LogP contribution in [0.15, 0.2) is 33.8 Å². The molecule has 1 atom stereocenters. The highest BCUT2D eigenvalue weighted by molar-refractivity contribution is 5.80. The van der Waals surface area contributed by atoms with Gasteiger partial charge in [-0.15, -0.1) is 0 Å². The van der Waals surface area contributed by atoms with Crippen LogP contribution in [-0.2, 0) is 12.0 Å². The number of ether oxygens (including phenoxy) is 1. The summed E-state index contributed by atoms with van der Waals surface area (Å²) in [5.74, 6) is 2.90. The molecule has 0 saturated carbocycles. The maximum Gasteiger partial charge on any atom is 0.232 e. The zero-order valence-corrected chi connectivity index (χ0v) is 18.7. The summed E-state index contributed by atoms with van der Waals surface area (Å²) in [5.41, 5.74) is 0.969. The molecular formula is C22H34N6O2. The van der Waals surface area contributed by atoms with Gasteiger partial charge in [-0.3, -0.25) is 0 Å². The number of methoxy groups -OCH3 is 1. The fourth-order valence-electron chi connectivity index (χ4n) is 3.49. The monoisotopic (exact) mass is 414 g/mol. The topological polar surface area (TPSA) is 87.8 Å². The lowest BCUT2D eigenvalue weighted by Gasteiger charge is -2.36. The molecular weight excluding hydrogens is 380 g/mol. The van der Waals surface area contributed by atoms with E-state index in [0.29, 0.717) is 18.3 Å². The minimum Gasteiger partial charge on any atom is -0.495 e. The Hall–Kier alpha value is -2.77. The predicted molar refractivity (Wildman–Crippen MR) is 119 cm³/mol. The van der Waals surface area contributed by atoms with E-state index in [1.807, 2.05) is 12.1 Å². The minimum absolute atomic E-state index is 0.165. The Morgan fingerprint density at radius 2 is 2.13 bits per heavy atom. The van der Waals surface area contributed by atoms with Crippen molar-refractivity contribution in [2.75, 3.05) is 31.6 Å². The van der Waals surface area contributed by atoms with Crippen molar-refractivity contribution < 1.29 is 9.26 Å². The second-order valence-electron chi connectivity index (χ2n) is 8.56. The van der Waals surface area contributed by atoms with Gasteiger partial charge in [0, 0.05) is 31.1 Å². The number of anilines is 1. The quantitative estimate of drug-likeness (QED) is 0.555. The average Bonchev–Trinajstić information content (AvgIpc) is 3.22. The average molecular weight is 415 g/mol. The largest absolute Gasteiger partial charge is 0.495 e.